The summed E-state index contributed by atoms with van der Waals surface area (Å²) in [4.78, 5) is 0. The molecule has 1 aromatic carbocycles. The number of rotatable bonds is 7. The fourth-order valence-corrected chi connectivity index (χ4v) is 4.31. The van der Waals surface area contributed by atoms with E-state index < -0.39 is 0 Å². The van der Waals surface area contributed by atoms with Crippen molar-refractivity contribution in [3.8, 4) is 0 Å². The van der Waals surface area contributed by atoms with E-state index in [1.165, 1.54) is 34.9 Å². The van der Waals surface area contributed by atoms with Crippen LogP contribution in [0.25, 0.3) is 10.1 Å². The van der Waals surface area contributed by atoms with E-state index in [2.05, 4.69) is 41.9 Å². The first-order valence-corrected chi connectivity index (χ1v) is 8.90. The van der Waals surface area contributed by atoms with Gasteiger partial charge >= 0.3 is 0 Å². The van der Waals surface area contributed by atoms with Crippen molar-refractivity contribution in [2.75, 3.05) is 13.7 Å². The van der Waals surface area contributed by atoms with E-state index in [9.17, 15) is 0 Å². The molecule has 1 aliphatic carbocycles. The highest BCUT2D eigenvalue weighted by atomic mass is 32.1. The van der Waals surface area contributed by atoms with Gasteiger partial charge in [0.05, 0.1) is 5.60 Å². The standard InChI is InChI=1S/C18H25NOS/c1-3-11-19-16(13-18(20-2)9-5-10-18)15-7-4-6-14-8-12-21-17(14)15/h4,6-8,12,16,19H,3,5,9-11,13H2,1-2H3. The average molecular weight is 303 g/mol. The van der Waals surface area contributed by atoms with Crippen LogP contribution in [0.2, 0.25) is 0 Å². The third-order valence-corrected chi connectivity index (χ3v) is 5.78. The van der Waals surface area contributed by atoms with Crippen molar-refractivity contribution in [1.29, 1.82) is 0 Å². The lowest BCUT2D eigenvalue weighted by Crippen LogP contribution is -2.43. The normalized spacial score (nSPS) is 18.6. The number of hydrogen-bond donors (Lipinski definition) is 1. The minimum absolute atomic E-state index is 0.102. The summed E-state index contributed by atoms with van der Waals surface area (Å²) >= 11 is 1.85. The van der Waals surface area contributed by atoms with Gasteiger partial charge in [-0.15, -0.1) is 11.3 Å². The lowest BCUT2D eigenvalue weighted by atomic mass is 9.74. The molecular weight excluding hydrogens is 278 g/mol. The highest BCUT2D eigenvalue weighted by molar-refractivity contribution is 7.17. The van der Waals surface area contributed by atoms with Crippen molar-refractivity contribution in [3.05, 3.63) is 35.2 Å². The largest absolute Gasteiger partial charge is 0.378 e. The summed E-state index contributed by atoms with van der Waals surface area (Å²) < 4.78 is 7.29. The molecule has 0 saturated heterocycles. The first-order valence-electron chi connectivity index (χ1n) is 8.03. The zero-order chi connectivity index (χ0) is 14.7. The maximum Gasteiger partial charge on any atom is 0.0697 e. The molecule has 1 N–H and O–H groups in total. The predicted molar refractivity (Wildman–Crippen MR) is 91.1 cm³/mol. The van der Waals surface area contributed by atoms with Gasteiger partial charge in [0.1, 0.15) is 0 Å². The zero-order valence-electron chi connectivity index (χ0n) is 13.0. The lowest BCUT2D eigenvalue weighted by molar-refractivity contribution is -0.0837. The number of nitrogens with one attached hydrogen (secondary N) is 1. The van der Waals surface area contributed by atoms with Gasteiger partial charge in [-0.05, 0) is 61.0 Å². The summed E-state index contributed by atoms with van der Waals surface area (Å²) in [6.07, 6.45) is 5.96. The van der Waals surface area contributed by atoms with E-state index in [0.29, 0.717) is 6.04 Å². The Morgan fingerprint density at radius 2 is 2.19 bits per heavy atom. The average Bonchev–Trinajstić information content (AvgIpc) is 2.94. The van der Waals surface area contributed by atoms with Crippen LogP contribution in [0.1, 0.15) is 50.6 Å². The number of methoxy groups -OCH3 is 1. The number of ether oxygens (including phenoxy) is 1. The molecule has 0 spiro atoms. The second-order valence-electron chi connectivity index (χ2n) is 6.14. The topological polar surface area (TPSA) is 21.3 Å². The van der Waals surface area contributed by atoms with Gasteiger partial charge in [0.25, 0.3) is 0 Å². The molecular formula is C18H25NOS. The van der Waals surface area contributed by atoms with Gasteiger partial charge in [0.15, 0.2) is 0 Å². The second-order valence-corrected chi connectivity index (χ2v) is 7.05. The Bertz CT molecular complexity index is 582. The summed E-state index contributed by atoms with van der Waals surface area (Å²) in [7, 11) is 1.88. The number of thiophene rings is 1. The van der Waals surface area contributed by atoms with E-state index in [1.54, 1.807) is 0 Å². The van der Waals surface area contributed by atoms with E-state index in [-0.39, 0.29) is 5.60 Å². The van der Waals surface area contributed by atoms with Crippen LogP contribution in [0.3, 0.4) is 0 Å². The molecule has 114 valence electrons. The Morgan fingerprint density at radius 1 is 1.33 bits per heavy atom. The number of hydrogen-bond acceptors (Lipinski definition) is 3. The predicted octanol–water partition coefficient (Wildman–Crippen LogP) is 4.90. The van der Waals surface area contributed by atoms with Crippen molar-refractivity contribution in [3.63, 3.8) is 0 Å². The minimum atomic E-state index is 0.102. The third kappa shape index (κ3) is 3.01. The molecule has 3 rings (SSSR count). The molecule has 0 bridgehead atoms. The Balaban J connectivity index is 1.89. The fraction of sp³-hybridized carbons (Fsp3) is 0.556. The highest BCUT2D eigenvalue weighted by Crippen LogP contribution is 2.43. The van der Waals surface area contributed by atoms with Crippen LogP contribution in [0.15, 0.2) is 29.6 Å². The molecule has 1 unspecified atom stereocenters. The Morgan fingerprint density at radius 3 is 2.86 bits per heavy atom. The first-order chi connectivity index (χ1) is 10.3. The molecule has 1 heterocycles. The van der Waals surface area contributed by atoms with E-state index in [4.69, 9.17) is 4.74 Å². The molecule has 3 heteroatoms. The summed E-state index contributed by atoms with van der Waals surface area (Å²) in [5.41, 5.74) is 1.55. The smallest absolute Gasteiger partial charge is 0.0697 e. The van der Waals surface area contributed by atoms with Crippen LogP contribution in [-0.4, -0.2) is 19.3 Å². The summed E-state index contributed by atoms with van der Waals surface area (Å²) in [5, 5.41) is 7.31. The minimum Gasteiger partial charge on any atom is -0.378 e. The van der Waals surface area contributed by atoms with Gasteiger partial charge in [0.2, 0.25) is 0 Å². The first kappa shape index (κ1) is 15.0. The summed E-state index contributed by atoms with van der Waals surface area (Å²) in [6.45, 7) is 3.29. The van der Waals surface area contributed by atoms with Gasteiger partial charge in [-0.1, -0.05) is 25.1 Å². The van der Waals surface area contributed by atoms with Gasteiger partial charge < -0.3 is 10.1 Å². The fourth-order valence-electron chi connectivity index (χ4n) is 3.34. The number of benzene rings is 1. The molecule has 1 aromatic heterocycles. The van der Waals surface area contributed by atoms with Crippen LogP contribution in [0.4, 0.5) is 0 Å². The van der Waals surface area contributed by atoms with E-state index in [1.807, 2.05) is 18.4 Å². The van der Waals surface area contributed by atoms with Crippen molar-refractivity contribution < 1.29 is 4.74 Å². The van der Waals surface area contributed by atoms with Crippen LogP contribution in [0.5, 0.6) is 0 Å². The molecule has 1 saturated carbocycles. The second kappa shape index (κ2) is 6.47. The van der Waals surface area contributed by atoms with Gasteiger partial charge in [-0.2, -0.15) is 0 Å². The zero-order valence-corrected chi connectivity index (χ0v) is 13.8. The lowest BCUT2D eigenvalue weighted by Gasteiger charge is -2.43. The Labute approximate surface area is 131 Å². The molecule has 2 aromatic rings. The summed E-state index contributed by atoms with van der Waals surface area (Å²) in [6, 6.07) is 9.30. The molecule has 0 radical (unpaired) electrons. The van der Waals surface area contributed by atoms with Crippen molar-refractivity contribution in [2.24, 2.45) is 0 Å². The van der Waals surface area contributed by atoms with Crippen LogP contribution in [0, 0.1) is 0 Å². The molecule has 2 nitrogen and oxygen atoms in total. The van der Waals surface area contributed by atoms with Gasteiger partial charge in [-0.3, -0.25) is 0 Å². The number of fused-ring (bicyclic) bond motifs is 1. The Hall–Kier alpha value is -0.900. The van der Waals surface area contributed by atoms with Crippen LogP contribution < -0.4 is 5.32 Å². The third-order valence-electron chi connectivity index (χ3n) is 4.80. The van der Waals surface area contributed by atoms with Crippen molar-refractivity contribution in [2.45, 2.75) is 50.7 Å². The highest BCUT2D eigenvalue weighted by Gasteiger charge is 2.39. The maximum absolute atomic E-state index is 5.86. The summed E-state index contributed by atoms with van der Waals surface area (Å²) in [5.74, 6) is 0. The van der Waals surface area contributed by atoms with E-state index in [0.717, 1.165) is 19.4 Å². The molecule has 1 aliphatic rings. The maximum atomic E-state index is 5.86. The van der Waals surface area contributed by atoms with Crippen molar-refractivity contribution >= 4 is 21.4 Å². The van der Waals surface area contributed by atoms with Crippen LogP contribution >= 0.6 is 11.3 Å². The molecule has 0 aliphatic heterocycles. The Kier molecular flexibility index (Phi) is 4.63. The van der Waals surface area contributed by atoms with E-state index >= 15 is 0 Å². The molecule has 1 atom stereocenters. The molecule has 1 fully saturated rings. The quantitative estimate of drug-likeness (QED) is 0.785. The molecule has 21 heavy (non-hydrogen) atoms. The van der Waals surface area contributed by atoms with Crippen molar-refractivity contribution in [1.82, 2.24) is 5.32 Å². The SMILES string of the molecule is CCCNC(CC1(OC)CCC1)c1cccc2ccsc12. The van der Waals surface area contributed by atoms with Gasteiger partial charge in [0, 0.05) is 17.9 Å². The monoisotopic (exact) mass is 303 g/mol. The molecule has 0 amide bonds. The van der Waals surface area contributed by atoms with Gasteiger partial charge in [-0.25, -0.2) is 0 Å². The van der Waals surface area contributed by atoms with Crippen LogP contribution in [-0.2, 0) is 4.74 Å².